The maximum atomic E-state index is 12.4. The average molecular weight is 359 g/mol. The van der Waals surface area contributed by atoms with Crippen LogP contribution in [0.4, 0.5) is 0 Å². The quantitative estimate of drug-likeness (QED) is 0.881. The molecule has 0 saturated heterocycles. The number of aromatic amines is 1. The third-order valence-corrected chi connectivity index (χ3v) is 6.78. The van der Waals surface area contributed by atoms with Crippen molar-refractivity contribution in [2.75, 3.05) is 0 Å². The molecule has 0 spiro atoms. The van der Waals surface area contributed by atoms with Crippen molar-refractivity contribution in [1.29, 1.82) is 0 Å². The van der Waals surface area contributed by atoms with E-state index in [9.17, 15) is 9.59 Å². The SMILES string of the molecule is CC1CCC(NC(=O)CCc2nc3sc4c(c3c(=O)[nH]2)CCC4)CC1. The van der Waals surface area contributed by atoms with Gasteiger partial charge in [0.15, 0.2) is 0 Å². The summed E-state index contributed by atoms with van der Waals surface area (Å²) < 4.78 is 0. The van der Waals surface area contributed by atoms with Crippen LogP contribution in [0.15, 0.2) is 4.79 Å². The zero-order valence-electron chi connectivity index (χ0n) is 14.7. The van der Waals surface area contributed by atoms with E-state index >= 15 is 0 Å². The summed E-state index contributed by atoms with van der Waals surface area (Å²) in [6.07, 6.45) is 8.60. The number of hydrogen-bond acceptors (Lipinski definition) is 4. The molecule has 0 bridgehead atoms. The number of nitrogens with zero attached hydrogens (tertiary/aromatic N) is 1. The summed E-state index contributed by atoms with van der Waals surface area (Å²) in [7, 11) is 0. The van der Waals surface area contributed by atoms with Crippen molar-refractivity contribution in [3.05, 3.63) is 26.6 Å². The second-order valence-corrected chi connectivity index (χ2v) is 8.66. The minimum Gasteiger partial charge on any atom is -0.353 e. The van der Waals surface area contributed by atoms with Crippen molar-refractivity contribution >= 4 is 27.5 Å². The summed E-state index contributed by atoms with van der Waals surface area (Å²) in [6, 6.07) is 0.318. The Hall–Kier alpha value is -1.69. The first-order valence-electron chi connectivity index (χ1n) is 9.43. The molecule has 0 aliphatic heterocycles. The molecule has 6 heteroatoms. The molecular weight excluding hydrogens is 334 g/mol. The minimum absolute atomic E-state index is 0.0407. The number of thiophene rings is 1. The molecule has 1 amide bonds. The van der Waals surface area contributed by atoms with E-state index in [0.29, 0.717) is 24.7 Å². The standard InChI is InChI=1S/C19H25N3O2S/c1-11-5-7-12(8-6-11)20-16(23)10-9-15-21-18(24)17-13-3-2-4-14(13)25-19(17)22-15/h11-12H,2-10H2,1H3,(H,20,23)(H,21,22,24). The lowest BCUT2D eigenvalue weighted by Crippen LogP contribution is -2.37. The van der Waals surface area contributed by atoms with Gasteiger partial charge in [0.1, 0.15) is 10.7 Å². The molecule has 2 aliphatic carbocycles. The van der Waals surface area contributed by atoms with Crippen LogP contribution < -0.4 is 10.9 Å². The van der Waals surface area contributed by atoms with Gasteiger partial charge in [-0.15, -0.1) is 11.3 Å². The maximum Gasteiger partial charge on any atom is 0.259 e. The number of aryl methyl sites for hydroxylation is 3. The van der Waals surface area contributed by atoms with Crippen molar-refractivity contribution < 1.29 is 4.79 Å². The van der Waals surface area contributed by atoms with Crippen molar-refractivity contribution in [2.45, 2.75) is 70.8 Å². The predicted octanol–water partition coefficient (Wildman–Crippen LogP) is 3.10. The van der Waals surface area contributed by atoms with Crippen LogP contribution in [0.2, 0.25) is 0 Å². The second-order valence-electron chi connectivity index (χ2n) is 7.57. The van der Waals surface area contributed by atoms with E-state index in [1.807, 2.05) is 0 Å². The maximum absolute atomic E-state index is 12.4. The number of fused-ring (bicyclic) bond motifs is 3. The molecule has 0 aromatic carbocycles. The Morgan fingerprint density at radius 3 is 2.88 bits per heavy atom. The Bertz CT molecular complexity index is 846. The fraction of sp³-hybridized carbons (Fsp3) is 0.632. The molecular formula is C19H25N3O2S. The van der Waals surface area contributed by atoms with Crippen molar-refractivity contribution in [3.63, 3.8) is 0 Å². The monoisotopic (exact) mass is 359 g/mol. The van der Waals surface area contributed by atoms with Crippen LogP contribution >= 0.6 is 11.3 Å². The lowest BCUT2D eigenvalue weighted by Gasteiger charge is -2.26. The summed E-state index contributed by atoms with van der Waals surface area (Å²) in [4.78, 5) is 34.3. The van der Waals surface area contributed by atoms with Gasteiger partial charge in [0.25, 0.3) is 5.56 Å². The van der Waals surface area contributed by atoms with Crippen LogP contribution in [0.5, 0.6) is 0 Å². The molecule has 25 heavy (non-hydrogen) atoms. The van der Waals surface area contributed by atoms with Gasteiger partial charge in [-0.2, -0.15) is 0 Å². The van der Waals surface area contributed by atoms with E-state index in [1.54, 1.807) is 11.3 Å². The van der Waals surface area contributed by atoms with Crippen molar-refractivity contribution in [1.82, 2.24) is 15.3 Å². The summed E-state index contributed by atoms with van der Waals surface area (Å²) in [5.74, 6) is 1.47. The Morgan fingerprint density at radius 2 is 2.08 bits per heavy atom. The molecule has 2 N–H and O–H groups in total. The highest BCUT2D eigenvalue weighted by atomic mass is 32.1. The molecule has 0 unspecified atom stereocenters. The molecule has 2 aromatic heterocycles. The van der Waals surface area contributed by atoms with Crippen molar-refractivity contribution in [3.8, 4) is 0 Å². The van der Waals surface area contributed by atoms with Gasteiger partial charge in [0, 0.05) is 23.8 Å². The molecule has 0 radical (unpaired) electrons. The fourth-order valence-electron chi connectivity index (χ4n) is 4.10. The van der Waals surface area contributed by atoms with Gasteiger partial charge in [-0.05, 0) is 56.4 Å². The molecule has 4 rings (SSSR count). The first-order chi connectivity index (χ1) is 12.1. The first kappa shape index (κ1) is 16.8. The van der Waals surface area contributed by atoms with E-state index in [4.69, 9.17) is 0 Å². The summed E-state index contributed by atoms with van der Waals surface area (Å²) >= 11 is 1.65. The smallest absolute Gasteiger partial charge is 0.259 e. The normalized spacial score (nSPS) is 22.9. The third-order valence-electron chi connectivity index (χ3n) is 5.59. The number of aromatic nitrogens is 2. The predicted molar refractivity (Wildman–Crippen MR) is 100 cm³/mol. The summed E-state index contributed by atoms with van der Waals surface area (Å²) in [5.41, 5.74) is 1.16. The zero-order valence-corrected chi connectivity index (χ0v) is 15.5. The topological polar surface area (TPSA) is 74.8 Å². The van der Waals surface area contributed by atoms with Gasteiger partial charge in [-0.1, -0.05) is 6.92 Å². The number of H-pyrrole nitrogens is 1. The van der Waals surface area contributed by atoms with E-state index < -0.39 is 0 Å². The van der Waals surface area contributed by atoms with Crippen LogP contribution in [0.3, 0.4) is 0 Å². The average Bonchev–Trinajstić information content (AvgIpc) is 3.15. The van der Waals surface area contributed by atoms with Gasteiger partial charge in [-0.25, -0.2) is 4.98 Å². The lowest BCUT2D eigenvalue weighted by atomic mass is 9.87. The first-order valence-corrected chi connectivity index (χ1v) is 10.2. The van der Waals surface area contributed by atoms with E-state index in [2.05, 4.69) is 22.2 Å². The molecule has 0 atom stereocenters. The molecule has 1 saturated carbocycles. The van der Waals surface area contributed by atoms with Crippen LogP contribution in [-0.2, 0) is 24.1 Å². The number of rotatable bonds is 4. The third kappa shape index (κ3) is 3.50. The second kappa shape index (κ2) is 6.90. The van der Waals surface area contributed by atoms with Crippen LogP contribution in [0, 0.1) is 5.92 Å². The lowest BCUT2D eigenvalue weighted by molar-refractivity contribution is -0.122. The molecule has 2 aliphatic rings. The van der Waals surface area contributed by atoms with Gasteiger partial charge in [-0.3, -0.25) is 9.59 Å². The molecule has 1 fully saturated rings. The number of carbonyl (C=O) groups excluding carboxylic acids is 1. The van der Waals surface area contributed by atoms with Crippen LogP contribution in [-0.4, -0.2) is 21.9 Å². The number of carbonyl (C=O) groups is 1. The van der Waals surface area contributed by atoms with Crippen LogP contribution in [0.1, 0.15) is 61.7 Å². The van der Waals surface area contributed by atoms with Gasteiger partial charge >= 0.3 is 0 Å². The fourth-order valence-corrected chi connectivity index (χ4v) is 5.38. The Kier molecular flexibility index (Phi) is 4.63. The highest BCUT2D eigenvalue weighted by molar-refractivity contribution is 7.18. The van der Waals surface area contributed by atoms with Gasteiger partial charge in [0.2, 0.25) is 5.91 Å². The summed E-state index contributed by atoms with van der Waals surface area (Å²) in [6.45, 7) is 2.27. The highest BCUT2D eigenvalue weighted by Gasteiger charge is 2.22. The zero-order chi connectivity index (χ0) is 17.4. The number of hydrogen-bond donors (Lipinski definition) is 2. The largest absolute Gasteiger partial charge is 0.353 e. The Morgan fingerprint density at radius 1 is 1.28 bits per heavy atom. The minimum atomic E-state index is -0.0407. The number of nitrogens with one attached hydrogen (secondary N) is 2. The number of amides is 1. The summed E-state index contributed by atoms with van der Waals surface area (Å²) in [5, 5.41) is 3.92. The van der Waals surface area contributed by atoms with E-state index in [0.717, 1.165) is 48.2 Å². The van der Waals surface area contributed by atoms with Crippen LogP contribution in [0.25, 0.3) is 10.2 Å². The Labute approximate surface area is 151 Å². The van der Waals surface area contributed by atoms with E-state index in [-0.39, 0.29) is 11.5 Å². The van der Waals surface area contributed by atoms with E-state index in [1.165, 1.54) is 23.3 Å². The molecule has 2 aromatic rings. The van der Waals surface area contributed by atoms with Gasteiger partial charge in [0.05, 0.1) is 5.39 Å². The Balaban J connectivity index is 1.39. The van der Waals surface area contributed by atoms with Gasteiger partial charge < -0.3 is 10.3 Å². The molecule has 2 heterocycles. The molecule has 134 valence electrons. The highest BCUT2D eigenvalue weighted by Crippen LogP contribution is 2.34. The molecule has 5 nitrogen and oxygen atoms in total. The van der Waals surface area contributed by atoms with Crippen molar-refractivity contribution in [2.24, 2.45) is 5.92 Å².